The summed E-state index contributed by atoms with van der Waals surface area (Å²) in [5, 5.41) is -0.822. The normalized spacial score (nSPS) is 19.7. The van der Waals surface area contributed by atoms with E-state index >= 15 is 0 Å². The summed E-state index contributed by atoms with van der Waals surface area (Å²) in [6.45, 7) is 0. The largest absolute Gasteiger partial charge is 0.313 e. The molecule has 0 aromatic carbocycles. The molecule has 0 saturated heterocycles. The lowest BCUT2D eigenvalue weighted by atomic mass is 10.4. The van der Waals surface area contributed by atoms with Crippen LogP contribution in [0.3, 0.4) is 0 Å². The van der Waals surface area contributed by atoms with Gasteiger partial charge in [-0.2, -0.15) is 18.7 Å². The van der Waals surface area contributed by atoms with Gasteiger partial charge in [-0.15, -0.1) is 0 Å². The van der Waals surface area contributed by atoms with Crippen molar-refractivity contribution in [2.75, 3.05) is 4.90 Å². The third kappa shape index (κ3) is 2.38. The van der Waals surface area contributed by atoms with Crippen molar-refractivity contribution >= 4 is 57.5 Å². The highest BCUT2D eigenvalue weighted by Gasteiger charge is 2.31. The Hall–Kier alpha value is -0.690. The average Bonchev–Trinajstić information content (AvgIpc) is 2.30. The molecule has 0 N–H and O–H groups in total. The van der Waals surface area contributed by atoms with Crippen LogP contribution in [0.2, 0.25) is 5.02 Å². The van der Waals surface area contributed by atoms with Crippen molar-refractivity contribution in [2.24, 2.45) is 4.99 Å². The molecule has 1 atom stereocenters. The highest BCUT2D eigenvalue weighted by Crippen LogP contribution is 2.33. The first-order valence-electron chi connectivity index (χ1n) is 4.25. The molecule has 1 radical (unpaired) electrons. The fraction of sp³-hybridized carbons (Fsp3) is 0.125. The van der Waals surface area contributed by atoms with Gasteiger partial charge in [0.05, 0.1) is 5.03 Å². The first-order chi connectivity index (χ1) is 8.41. The molecule has 0 amide bonds. The number of alkyl halides is 1. The van der Waals surface area contributed by atoms with E-state index in [1.54, 1.807) is 0 Å². The highest BCUT2D eigenvalue weighted by atomic mass is 35.5. The second-order valence-electron chi connectivity index (χ2n) is 2.97. The number of aromatic nitrogens is 2. The third-order valence-electron chi connectivity index (χ3n) is 1.88. The summed E-state index contributed by atoms with van der Waals surface area (Å²) in [7, 11) is 0. The minimum absolute atomic E-state index is 0.0310. The van der Waals surface area contributed by atoms with Crippen molar-refractivity contribution in [3.63, 3.8) is 0 Å². The standard InChI is InChI=1S/C8HCl4F2N4/c9-2-1-15-7(12)18(4(2)11)6-3(10)5(13)16-8(14)17-6/h4H. The topological polar surface area (TPSA) is 41.4 Å². The van der Waals surface area contributed by atoms with Crippen molar-refractivity contribution < 1.29 is 8.78 Å². The molecule has 18 heavy (non-hydrogen) atoms. The lowest BCUT2D eigenvalue weighted by Crippen LogP contribution is -2.38. The van der Waals surface area contributed by atoms with Gasteiger partial charge in [0.25, 0.3) is 0 Å². The van der Waals surface area contributed by atoms with Gasteiger partial charge in [0, 0.05) is 0 Å². The van der Waals surface area contributed by atoms with Gasteiger partial charge < -0.3 is 0 Å². The minimum atomic E-state index is -1.32. The Balaban J connectivity index is 2.56. The summed E-state index contributed by atoms with van der Waals surface area (Å²) in [6.07, 6.45) is 0.996. The molecule has 1 aliphatic heterocycles. The van der Waals surface area contributed by atoms with E-state index in [1.807, 2.05) is 0 Å². The zero-order valence-electron chi connectivity index (χ0n) is 8.13. The summed E-state index contributed by atoms with van der Waals surface area (Å²) in [6, 6.07) is 0. The maximum Gasteiger partial charge on any atom is 0.313 e. The molecule has 0 bridgehead atoms. The molecule has 1 aliphatic rings. The molecular weight excluding hydrogens is 332 g/mol. The van der Waals surface area contributed by atoms with E-state index in [0.717, 1.165) is 4.90 Å². The molecule has 0 aliphatic carbocycles. The van der Waals surface area contributed by atoms with Gasteiger partial charge in [-0.3, -0.25) is 4.90 Å². The van der Waals surface area contributed by atoms with Crippen molar-refractivity contribution in [2.45, 2.75) is 5.50 Å². The first kappa shape index (κ1) is 13.7. The van der Waals surface area contributed by atoms with E-state index < -0.39 is 22.5 Å². The van der Waals surface area contributed by atoms with Crippen molar-refractivity contribution in [3.8, 4) is 0 Å². The number of aliphatic imine (C=N–C) groups is 1. The Morgan fingerprint density at radius 2 is 1.83 bits per heavy atom. The molecular formula is C8HCl4F2N4. The van der Waals surface area contributed by atoms with Crippen molar-refractivity contribution in [1.29, 1.82) is 0 Å². The Morgan fingerprint density at radius 1 is 1.17 bits per heavy atom. The van der Waals surface area contributed by atoms with E-state index in [0.29, 0.717) is 0 Å². The Labute approximate surface area is 120 Å². The first-order valence-corrected chi connectivity index (χ1v) is 5.82. The zero-order valence-corrected chi connectivity index (χ0v) is 11.2. The molecule has 0 spiro atoms. The predicted molar refractivity (Wildman–Crippen MR) is 65.0 cm³/mol. The van der Waals surface area contributed by atoms with E-state index in [4.69, 9.17) is 46.4 Å². The summed E-state index contributed by atoms with van der Waals surface area (Å²) < 4.78 is 26.2. The van der Waals surface area contributed by atoms with Crippen LogP contribution in [0.25, 0.3) is 0 Å². The Kier molecular flexibility index (Phi) is 3.91. The van der Waals surface area contributed by atoms with Crippen LogP contribution in [0, 0.1) is 18.2 Å². The number of amidine groups is 1. The quantitative estimate of drug-likeness (QED) is 0.343. The molecule has 2 rings (SSSR count). The number of rotatable bonds is 1. The smallest absolute Gasteiger partial charge is 0.277 e. The number of hydrogen-bond acceptors (Lipinski definition) is 4. The molecule has 0 fully saturated rings. The molecule has 4 nitrogen and oxygen atoms in total. The van der Waals surface area contributed by atoms with Crippen molar-refractivity contribution in [1.82, 2.24) is 9.97 Å². The number of halogens is 6. The van der Waals surface area contributed by atoms with E-state index in [2.05, 4.69) is 21.2 Å². The number of nitrogens with zero attached hydrogens (tertiary/aromatic N) is 4. The molecule has 10 heteroatoms. The predicted octanol–water partition coefficient (Wildman–Crippen LogP) is 3.27. The second-order valence-corrected chi connectivity index (χ2v) is 4.50. The average molecular weight is 333 g/mol. The second kappa shape index (κ2) is 5.13. The van der Waals surface area contributed by atoms with Crippen molar-refractivity contribution in [3.05, 3.63) is 28.3 Å². The summed E-state index contributed by atoms with van der Waals surface area (Å²) in [5.74, 6) is -1.63. The molecule has 95 valence electrons. The summed E-state index contributed by atoms with van der Waals surface area (Å²) in [5.41, 5.74) is -1.08. The van der Waals surface area contributed by atoms with Gasteiger partial charge in [-0.05, 0) is 11.6 Å². The van der Waals surface area contributed by atoms with E-state index in [-0.39, 0.29) is 16.1 Å². The van der Waals surface area contributed by atoms with Gasteiger partial charge >= 0.3 is 6.08 Å². The van der Waals surface area contributed by atoms with Gasteiger partial charge in [-0.25, -0.2) is 4.99 Å². The zero-order chi connectivity index (χ0) is 13.4. The lowest BCUT2D eigenvalue weighted by molar-refractivity contribution is 0.483. The fourth-order valence-corrected chi connectivity index (χ4v) is 1.97. The van der Waals surface area contributed by atoms with Gasteiger partial charge in [0.1, 0.15) is 11.2 Å². The third-order valence-corrected chi connectivity index (χ3v) is 3.29. The molecule has 1 aromatic rings. The summed E-state index contributed by atoms with van der Waals surface area (Å²) >= 11 is 23.0. The van der Waals surface area contributed by atoms with Crippen LogP contribution in [-0.2, 0) is 0 Å². The molecule has 2 heterocycles. The van der Waals surface area contributed by atoms with E-state index in [9.17, 15) is 8.78 Å². The van der Waals surface area contributed by atoms with E-state index in [1.165, 1.54) is 0 Å². The number of hydrogen-bond donors (Lipinski definition) is 0. The molecule has 1 unspecified atom stereocenters. The maximum atomic E-state index is 13.2. The monoisotopic (exact) mass is 331 g/mol. The molecule has 0 saturated carbocycles. The maximum absolute atomic E-state index is 13.2. The van der Waals surface area contributed by atoms with Gasteiger partial charge in [0.2, 0.25) is 11.2 Å². The molecule has 1 aromatic heterocycles. The van der Waals surface area contributed by atoms with Crippen LogP contribution in [0.1, 0.15) is 0 Å². The fourth-order valence-electron chi connectivity index (χ4n) is 1.15. The van der Waals surface area contributed by atoms with Crippen LogP contribution in [-0.4, -0.2) is 20.8 Å². The van der Waals surface area contributed by atoms with Crippen LogP contribution in [0.15, 0.2) is 10.0 Å². The van der Waals surface area contributed by atoms with Crippen LogP contribution < -0.4 is 4.90 Å². The SMILES string of the molecule is Fc1nc(F)c(Cl)c(N2C(Cl)=N[C]=C(Cl)C2Cl)n1. The van der Waals surface area contributed by atoms with Crippen LogP contribution in [0.4, 0.5) is 14.6 Å². The highest BCUT2D eigenvalue weighted by molar-refractivity contribution is 6.69. The van der Waals surface area contributed by atoms with Gasteiger partial charge in [0.15, 0.2) is 11.3 Å². The van der Waals surface area contributed by atoms with Crippen LogP contribution in [0.5, 0.6) is 0 Å². The lowest BCUT2D eigenvalue weighted by Gasteiger charge is -2.28. The Morgan fingerprint density at radius 3 is 2.50 bits per heavy atom. The van der Waals surface area contributed by atoms with Gasteiger partial charge in [-0.1, -0.05) is 34.8 Å². The number of anilines is 1. The Bertz CT molecular complexity index is 562. The van der Waals surface area contributed by atoms with Crippen LogP contribution >= 0.6 is 46.4 Å². The minimum Gasteiger partial charge on any atom is -0.277 e. The summed E-state index contributed by atoms with van der Waals surface area (Å²) in [4.78, 5) is 10.6.